The first kappa shape index (κ1) is 15.5. The Balaban J connectivity index is 1.55. The van der Waals surface area contributed by atoms with E-state index in [2.05, 4.69) is 10.6 Å². The number of hydrogen-bond acceptors (Lipinski definition) is 4. The Hall–Kier alpha value is -1.88. The molecule has 0 saturated heterocycles. The molecule has 0 bridgehead atoms. The number of rotatable bonds is 7. The van der Waals surface area contributed by atoms with E-state index in [1.54, 1.807) is 0 Å². The summed E-state index contributed by atoms with van der Waals surface area (Å²) in [6, 6.07) is 9.65. The Morgan fingerprint density at radius 2 is 2.00 bits per heavy atom. The van der Waals surface area contributed by atoms with Crippen LogP contribution in [0.4, 0.5) is 0 Å². The average Bonchev–Trinajstić information content (AvgIpc) is 2.54. The molecule has 0 atom stereocenters. The van der Waals surface area contributed by atoms with Crippen molar-refractivity contribution < 1.29 is 14.5 Å². The van der Waals surface area contributed by atoms with Gasteiger partial charge in [-0.25, -0.2) is 5.48 Å². The molecular formula is C16H22N2O3. The number of hydrogen-bond donors (Lipinski definition) is 1. The molecule has 5 nitrogen and oxygen atoms in total. The Kier molecular flexibility index (Phi) is 6.74. The van der Waals surface area contributed by atoms with Crippen molar-refractivity contribution in [2.24, 2.45) is 11.1 Å². The average molecular weight is 290 g/mol. The zero-order valence-electron chi connectivity index (χ0n) is 12.2. The first-order chi connectivity index (χ1) is 10.3. The van der Waals surface area contributed by atoms with Gasteiger partial charge in [0.25, 0.3) is 5.91 Å². The largest absolute Gasteiger partial charge is 0.391 e. The molecule has 1 N–H and O–H groups in total. The fraction of sp³-hybridized carbons (Fsp3) is 0.500. The second-order valence-corrected chi connectivity index (χ2v) is 5.27. The Bertz CT molecular complexity index is 442. The summed E-state index contributed by atoms with van der Waals surface area (Å²) in [6.45, 7) is 0.915. The van der Waals surface area contributed by atoms with E-state index in [-0.39, 0.29) is 0 Å². The van der Waals surface area contributed by atoms with E-state index >= 15 is 0 Å². The standard InChI is InChI=1S/C16H22N2O3/c19-16(18-21-13-15-9-5-2-6-10-15)11-17-20-12-14-7-3-1-4-8-14/h1,3-4,7-8,11,15H,2,5-6,9-10,12-13H2,(H,18,19)/b17-11+. The predicted molar refractivity (Wildman–Crippen MR) is 80.4 cm³/mol. The van der Waals surface area contributed by atoms with Gasteiger partial charge in [0, 0.05) is 0 Å². The number of oxime groups is 1. The molecule has 0 aliphatic heterocycles. The summed E-state index contributed by atoms with van der Waals surface area (Å²) in [5.41, 5.74) is 3.36. The summed E-state index contributed by atoms with van der Waals surface area (Å²) in [5, 5.41) is 3.61. The molecule has 0 aromatic heterocycles. The second-order valence-electron chi connectivity index (χ2n) is 5.27. The van der Waals surface area contributed by atoms with Gasteiger partial charge in [0.05, 0.1) is 6.61 Å². The van der Waals surface area contributed by atoms with Gasteiger partial charge in [-0.2, -0.15) is 0 Å². The van der Waals surface area contributed by atoms with Crippen molar-refractivity contribution in [2.45, 2.75) is 38.7 Å². The van der Waals surface area contributed by atoms with Gasteiger partial charge in [-0.15, -0.1) is 0 Å². The molecule has 0 spiro atoms. The first-order valence-corrected chi connectivity index (χ1v) is 7.45. The van der Waals surface area contributed by atoms with Crippen LogP contribution in [-0.2, 0) is 21.1 Å². The zero-order chi connectivity index (χ0) is 14.8. The third-order valence-corrected chi connectivity index (χ3v) is 3.54. The van der Waals surface area contributed by atoms with Gasteiger partial charge in [0.15, 0.2) is 0 Å². The zero-order valence-corrected chi connectivity index (χ0v) is 12.2. The minimum absolute atomic E-state index is 0.341. The quantitative estimate of drug-likeness (QED) is 0.620. The van der Waals surface area contributed by atoms with Crippen LogP contribution >= 0.6 is 0 Å². The lowest BCUT2D eigenvalue weighted by Gasteiger charge is -2.20. The van der Waals surface area contributed by atoms with E-state index in [4.69, 9.17) is 9.68 Å². The summed E-state index contributed by atoms with van der Waals surface area (Å²) in [5.74, 6) is 0.157. The number of nitrogens with one attached hydrogen (secondary N) is 1. The summed E-state index contributed by atoms with van der Waals surface area (Å²) in [4.78, 5) is 21.7. The van der Waals surface area contributed by atoms with Gasteiger partial charge < -0.3 is 4.84 Å². The van der Waals surface area contributed by atoms with Crippen LogP contribution in [-0.4, -0.2) is 18.7 Å². The molecule has 114 valence electrons. The van der Waals surface area contributed by atoms with Crippen LogP contribution in [0.25, 0.3) is 0 Å². The maximum Gasteiger partial charge on any atom is 0.289 e. The highest BCUT2D eigenvalue weighted by Gasteiger charge is 2.13. The number of carbonyl (C=O) groups is 1. The third-order valence-electron chi connectivity index (χ3n) is 3.54. The lowest BCUT2D eigenvalue weighted by molar-refractivity contribution is -0.127. The van der Waals surface area contributed by atoms with E-state index in [0.717, 1.165) is 11.8 Å². The van der Waals surface area contributed by atoms with E-state index in [9.17, 15) is 4.79 Å². The molecule has 1 fully saturated rings. The summed E-state index contributed by atoms with van der Waals surface area (Å²) >= 11 is 0. The molecule has 1 saturated carbocycles. The Morgan fingerprint density at radius 3 is 2.76 bits per heavy atom. The summed E-state index contributed by atoms with van der Waals surface area (Å²) in [7, 11) is 0. The van der Waals surface area contributed by atoms with Crippen molar-refractivity contribution in [1.29, 1.82) is 0 Å². The van der Waals surface area contributed by atoms with Crippen molar-refractivity contribution >= 4 is 12.1 Å². The molecule has 1 amide bonds. The fourth-order valence-corrected chi connectivity index (χ4v) is 2.38. The van der Waals surface area contributed by atoms with Crippen LogP contribution in [0.1, 0.15) is 37.7 Å². The summed E-state index contributed by atoms with van der Waals surface area (Å²) < 4.78 is 0. The van der Waals surface area contributed by atoms with E-state index in [0.29, 0.717) is 19.1 Å². The van der Waals surface area contributed by atoms with Crippen LogP contribution in [0, 0.1) is 5.92 Å². The van der Waals surface area contributed by atoms with Gasteiger partial charge in [-0.05, 0) is 24.3 Å². The molecule has 1 aliphatic carbocycles. The minimum Gasteiger partial charge on any atom is -0.391 e. The molecule has 21 heavy (non-hydrogen) atoms. The molecule has 5 heteroatoms. The van der Waals surface area contributed by atoms with Crippen LogP contribution in [0.3, 0.4) is 0 Å². The topological polar surface area (TPSA) is 59.9 Å². The molecule has 1 aromatic carbocycles. The van der Waals surface area contributed by atoms with Crippen molar-refractivity contribution in [3.8, 4) is 0 Å². The monoisotopic (exact) mass is 290 g/mol. The second kappa shape index (κ2) is 9.13. The predicted octanol–water partition coefficient (Wildman–Crippen LogP) is 2.82. The number of nitrogens with zero attached hydrogens (tertiary/aromatic N) is 1. The van der Waals surface area contributed by atoms with Gasteiger partial charge in [0.1, 0.15) is 12.8 Å². The van der Waals surface area contributed by atoms with Crippen LogP contribution < -0.4 is 5.48 Å². The highest BCUT2D eigenvalue weighted by atomic mass is 16.7. The first-order valence-electron chi connectivity index (χ1n) is 7.45. The Labute approximate surface area is 125 Å². The number of benzene rings is 1. The van der Waals surface area contributed by atoms with Crippen LogP contribution in [0.5, 0.6) is 0 Å². The van der Waals surface area contributed by atoms with Gasteiger partial charge in [-0.3, -0.25) is 9.63 Å². The van der Waals surface area contributed by atoms with Gasteiger partial charge >= 0.3 is 0 Å². The highest BCUT2D eigenvalue weighted by molar-refractivity contribution is 6.25. The molecule has 1 aromatic rings. The van der Waals surface area contributed by atoms with Crippen molar-refractivity contribution in [3.05, 3.63) is 35.9 Å². The van der Waals surface area contributed by atoms with Crippen molar-refractivity contribution in [1.82, 2.24) is 5.48 Å². The maximum atomic E-state index is 11.4. The molecule has 1 aliphatic rings. The SMILES string of the molecule is O=C(/C=N/OCc1ccccc1)NOCC1CCCCC1. The van der Waals surface area contributed by atoms with Crippen molar-refractivity contribution in [2.75, 3.05) is 6.61 Å². The number of amides is 1. The lowest BCUT2D eigenvalue weighted by Crippen LogP contribution is -2.28. The number of carbonyl (C=O) groups excluding carboxylic acids is 1. The van der Waals surface area contributed by atoms with Gasteiger partial charge in [-0.1, -0.05) is 54.8 Å². The van der Waals surface area contributed by atoms with E-state index in [1.165, 1.54) is 32.1 Å². The Morgan fingerprint density at radius 1 is 1.24 bits per heavy atom. The lowest BCUT2D eigenvalue weighted by atomic mass is 9.90. The van der Waals surface area contributed by atoms with E-state index < -0.39 is 5.91 Å². The minimum atomic E-state index is -0.404. The molecular weight excluding hydrogens is 268 g/mol. The fourth-order valence-electron chi connectivity index (χ4n) is 2.38. The maximum absolute atomic E-state index is 11.4. The van der Waals surface area contributed by atoms with Gasteiger partial charge in [0.2, 0.25) is 0 Å². The molecule has 0 unspecified atom stereocenters. The normalized spacial score (nSPS) is 16.0. The molecule has 0 radical (unpaired) electrons. The van der Waals surface area contributed by atoms with Crippen LogP contribution in [0.2, 0.25) is 0 Å². The van der Waals surface area contributed by atoms with Crippen LogP contribution in [0.15, 0.2) is 35.5 Å². The number of hydroxylamine groups is 1. The summed E-state index contributed by atoms with van der Waals surface area (Å²) in [6.07, 6.45) is 7.29. The van der Waals surface area contributed by atoms with Crippen molar-refractivity contribution in [3.63, 3.8) is 0 Å². The highest BCUT2D eigenvalue weighted by Crippen LogP contribution is 2.23. The molecule has 2 rings (SSSR count). The third kappa shape index (κ3) is 6.40. The van der Waals surface area contributed by atoms with E-state index in [1.807, 2.05) is 30.3 Å². The smallest absolute Gasteiger partial charge is 0.289 e. The molecule has 0 heterocycles.